The van der Waals surface area contributed by atoms with Gasteiger partial charge >= 0.3 is 0 Å². The predicted octanol–water partition coefficient (Wildman–Crippen LogP) is 2.24. The van der Waals surface area contributed by atoms with Crippen molar-refractivity contribution in [3.8, 4) is 0 Å². The fraction of sp³-hybridized carbons (Fsp3) is 0.833. The fourth-order valence-electron chi connectivity index (χ4n) is 2.31. The molecule has 1 unspecified atom stereocenters. The molecule has 1 atom stereocenters. The Balaban J connectivity index is 1.76. The highest BCUT2D eigenvalue weighted by molar-refractivity contribution is 7.15. The van der Waals surface area contributed by atoms with E-state index in [0.29, 0.717) is 0 Å². The van der Waals surface area contributed by atoms with Gasteiger partial charge in [-0.3, -0.25) is 0 Å². The Bertz CT molecular complexity index is 339. The number of aromatic nitrogens is 2. The fourth-order valence-corrected chi connectivity index (χ4v) is 3.16. The second-order valence-electron chi connectivity index (χ2n) is 4.90. The number of hydrogen-bond acceptors (Lipinski definition) is 5. The summed E-state index contributed by atoms with van der Waals surface area (Å²) in [5.74, 6) is 0.757. The minimum absolute atomic E-state index is 0.757. The van der Waals surface area contributed by atoms with E-state index in [-0.39, 0.29) is 0 Å². The average Bonchev–Trinajstić information content (AvgIpc) is 2.75. The summed E-state index contributed by atoms with van der Waals surface area (Å²) in [6.45, 7) is 5.65. The quantitative estimate of drug-likeness (QED) is 0.875. The van der Waals surface area contributed by atoms with Crippen LogP contribution in [0.4, 0.5) is 5.13 Å². The van der Waals surface area contributed by atoms with E-state index >= 15 is 0 Å². The maximum absolute atomic E-state index is 4.18. The zero-order valence-corrected chi connectivity index (χ0v) is 11.6. The Morgan fingerprint density at radius 2 is 2.35 bits per heavy atom. The second kappa shape index (κ2) is 6.31. The number of likely N-dealkylation sites (tertiary alicyclic amines) is 1. The van der Waals surface area contributed by atoms with Crippen LogP contribution in [0.25, 0.3) is 0 Å². The molecule has 0 radical (unpaired) electrons. The van der Waals surface area contributed by atoms with Crippen LogP contribution in [0.3, 0.4) is 0 Å². The summed E-state index contributed by atoms with van der Waals surface area (Å²) in [6.07, 6.45) is 4.84. The summed E-state index contributed by atoms with van der Waals surface area (Å²) < 4.78 is 0. The van der Waals surface area contributed by atoms with Gasteiger partial charge in [-0.1, -0.05) is 18.3 Å². The summed E-state index contributed by atoms with van der Waals surface area (Å²) in [7, 11) is 2.20. The van der Waals surface area contributed by atoms with Crippen molar-refractivity contribution in [2.24, 2.45) is 5.92 Å². The number of aryl methyl sites for hydroxylation is 1. The first-order chi connectivity index (χ1) is 8.28. The highest BCUT2D eigenvalue weighted by Gasteiger charge is 2.17. The van der Waals surface area contributed by atoms with Gasteiger partial charge in [0.1, 0.15) is 5.01 Å². The molecule has 1 aliphatic heterocycles. The van der Waals surface area contributed by atoms with Crippen molar-refractivity contribution in [2.75, 3.05) is 32.0 Å². The third kappa shape index (κ3) is 3.92. The third-order valence-corrected chi connectivity index (χ3v) is 4.14. The third-order valence-electron chi connectivity index (χ3n) is 3.19. The van der Waals surface area contributed by atoms with Gasteiger partial charge in [0.25, 0.3) is 0 Å². The Morgan fingerprint density at radius 3 is 3.12 bits per heavy atom. The van der Waals surface area contributed by atoms with Gasteiger partial charge in [0.15, 0.2) is 0 Å². The lowest BCUT2D eigenvalue weighted by molar-refractivity contribution is 0.217. The van der Waals surface area contributed by atoms with Gasteiger partial charge in [-0.15, -0.1) is 10.2 Å². The molecule has 1 saturated heterocycles. The molecule has 1 aromatic rings. The molecule has 0 aromatic carbocycles. The topological polar surface area (TPSA) is 41.1 Å². The normalized spacial score (nSPS) is 21.6. The second-order valence-corrected chi connectivity index (χ2v) is 5.96. The molecule has 2 heterocycles. The molecule has 5 heteroatoms. The van der Waals surface area contributed by atoms with Crippen LogP contribution in [0.15, 0.2) is 0 Å². The Morgan fingerprint density at radius 1 is 1.47 bits per heavy atom. The summed E-state index contributed by atoms with van der Waals surface area (Å²) in [6, 6.07) is 0. The number of nitrogens with zero attached hydrogens (tertiary/aromatic N) is 3. The maximum atomic E-state index is 4.18. The number of hydrogen-bond donors (Lipinski definition) is 1. The lowest BCUT2D eigenvalue weighted by Gasteiger charge is -2.29. The van der Waals surface area contributed by atoms with Crippen LogP contribution in [-0.2, 0) is 6.42 Å². The van der Waals surface area contributed by atoms with Gasteiger partial charge in [-0.25, -0.2) is 0 Å². The Labute approximate surface area is 107 Å². The lowest BCUT2D eigenvalue weighted by atomic mass is 9.99. The first kappa shape index (κ1) is 12.8. The zero-order valence-electron chi connectivity index (χ0n) is 10.8. The molecule has 96 valence electrons. The molecule has 4 nitrogen and oxygen atoms in total. The van der Waals surface area contributed by atoms with Gasteiger partial charge in [0.05, 0.1) is 0 Å². The smallest absolute Gasteiger partial charge is 0.205 e. The van der Waals surface area contributed by atoms with Crippen molar-refractivity contribution in [2.45, 2.75) is 32.6 Å². The maximum Gasteiger partial charge on any atom is 0.205 e. The van der Waals surface area contributed by atoms with Gasteiger partial charge in [-0.05, 0) is 38.8 Å². The van der Waals surface area contributed by atoms with Crippen molar-refractivity contribution >= 4 is 16.5 Å². The Hall–Kier alpha value is -0.680. The average molecular weight is 254 g/mol. The SMILES string of the molecule is CCCc1nnc(NCC2CCCN(C)C2)s1. The van der Waals surface area contributed by atoms with E-state index in [2.05, 4.69) is 34.4 Å². The van der Waals surface area contributed by atoms with Crippen LogP contribution >= 0.6 is 11.3 Å². The predicted molar refractivity (Wildman–Crippen MR) is 72.6 cm³/mol. The van der Waals surface area contributed by atoms with E-state index in [1.807, 2.05) is 0 Å². The molecular formula is C12H22N4S. The first-order valence-electron chi connectivity index (χ1n) is 6.52. The summed E-state index contributed by atoms with van der Waals surface area (Å²) >= 11 is 1.70. The largest absolute Gasteiger partial charge is 0.360 e. The minimum Gasteiger partial charge on any atom is -0.360 e. The van der Waals surface area contributed by atoms with Crippen molar-refractivity contribution in [3.05, 3.63) is 5.01 Å². The van der Waals surface area contributed by atoms with Crippen molar-refractivity contribution in [1.82, 2.24) is 15.1 Å². The number of piperidine rings is 1. The van der Waals surface area contributed by atoms with E-state index in [9.17, 15) is 0 Å². The summed E-state index contributed by atoms with van der Waals surface area (Å²) in [5, 5.41) is 13.9. The van der Waals surface area contributed by atoms with E-state index in [0.717, 1.165) is 35.4 Å². The van der Waals surface area contributed by atoms with Gasteiger partial charge in [0.2, 0.25) is 5.13 Å². The highest BCUT2D eigenvalue weighted by atomic mass is 32.1. The van der Waals surface area contributed by atoms with Gasteiger partial charge in [0, 0.05) is 19.5 Å². The van der Waals surface area contributed by atoms with E-state index < -0.39 is 0 Å². The van der Waals surface area contributed by atoms with Crippen molar-refractivity contribution in [3.63, 3.8) is 0 Å². The minimum atomic E-state index is 0.757. The van der Waals surface area contributed by atoms with Crippen molar-refractivity contribution < 1.29 is 0 Å². The molecule has 1 aromatic heterocycles. The zero-order chi connectivity index (χ0) is 12.1. The first-order valence-corrected chi connectivity index (χ1v) is 7.34. The van der Waals surface area contributed by atoms with E-state index in [4.69, 9.17) is 0 Å². The molecular weight excluding hydrogens is 232 g/mol. The Kier molecular flexibility index (Phi) is 4.74. The standard InChI is InChI=1S/C12H22N4S/c1-3-5-11-14-15-12(17-11)13-8-10-6-4-7-16(2)9-10/h10H,3-9H2,1-2H3,(H,13,15). The number of rotatable bonds is 5. The van der Waals surface area contributed by atoms with E-state index in [1.54, 1.807) is 11.3 Å². The number of nitrogens with one attached hydrogen (secondary N) is 1. The summed E-state index contributed by atoms with van der Waals surface area (Å²) in [5.41, 5.74) is 0. The van der Waals surface area contributed by atoms with Crippen LogP contribution in [0, 0.1) is 5.92 Å². The molecule has 0 saturated carbocycles. The van der Waals surface area contributed by atoms with Crippen molar-refractivity contribution in [1.29, 1.82) is 0 Å². The summed E-state index contributed by atoms with van der Waals surface area (Å²) in [4.78, 5) is 2.42. The highest BCUT2D eigenvalue weighted by Crippen LogP contribution is 2.19. The molecule has 0 spiro atoms. The molecule has 1 fully saturated rings. The van der Waals surface area contributed by atoms with Crippen LogP contribution in [-0.4, -0.2) is 41.8 Å². The molecule has 2 rings (SSSR count). The van der Waals surface area contributed by atoms with Crippen LogP contribution in [0.2, 0.25) is 0 Å². The molecule has 0 amide bonds. The number of anilines is 1. The monoisotopic (exact) mass is 254 g/mol. The van der Waals surface area contributed by atoms with Gasteiger partial charge in [-0.2, -0.15) is 0 Å². The molecule has 1 N–H and O–H groups in total. The molecule has 17 heavy (non-hydrogen) atoms. The molecule has 1 aliphatic rings. The molecule has 0 aliphatic carbocycles. The molecule has 0 bridgehead atoms. The van der Waals surface area contributed by atoms with Crippen LogP contribution in [0.5, 0.6) is 0 Å². The van der Waals surface area contributed by atoms with Crippen LogP contribution in [0.1, 0.15) is 31.2 Å². The lowest BCUT2D eigenvalue weighted by Crippen LogP contribution is -2.35. The van der Waals surface area contributed by atoms with E-state index in [1.165, 1.54) is 25.9 Å². The van der Waals surface area contributed by atoms with Gasteiger partial charge < -0.3 is 10.2 Å². The van der Waals surface area contributed by atoms with Crippen LogP contribution < -0.4 is 5.32 Å².